The molecule has 0 aliphatic carbocycles. The normalized spacial score (nSPS) is 14.6. The van der Waals surface area contributed by atoms with Gasteiger partial charge in [-0.3, -0.25) is 4.79 Å². The number of hydrogen-bond donors (Lipinski definition) is 2. The Bertz CT molecular complexity index is 161. The summed E-state index contributed by atoms with van der Waals surface area (Å²) in [7, 11) is 0. The third-order valence-electron chi connectivity index (χ3n) is 1.36. The molecule has 0 fully saturated rings. The van der Waals surface area contributed by atoms with E-state index in [2.05, 4.69) is 0 Å². The molecule has 1 unspecified atom stereocenters. The van der Waals surface area contributed by atoms with E-state index in [1.807, 2.05) is 0 Å². The van der Waals surface area contributed by atoms with Crippen LogP contribution in [0.1, 0.15) is 27.7 Å². The van der Waals surface area contributed by atoms with Gasteiger partial charge in [0.1, 0.15) is 5.60 Å². The minimum Gasteiger partial charge on any atom is -0.460 e. The molecule has 0 spiro atoms. The topological polar surface area (TPSA) is 78.3 Å². The van der Waals surface area contributed by atoms with Gasteiger partial charge in [0.25, 0.3) is 0 Å². The molecule has 0 aromatic carbocycles. The van der Waals surface area contributed by atoms with Crippen molar-refractivity contribution < 1.29 is 9.53 Å². The van der Waals surface area contributed by atoms with E-state index in [-0.39, 0.29) is 5.97 Å². The zero-order chi connectivity index (χ0) is 9.94. The van der Waals surface area contributed by atoms with Crippen molar-refractivity contribution in [3.63, 3.8) is 0 Å². The molecule has 0 aromatic rings. The highest BCUT2D eigenvalue weighted by Crippen LogP contribution is 2.11. The first-order valence-electron chi connectivity index (χ1n) is 3.98. The molecule has 0 saturated heterocycles. The molecule has 0 amide bonds. The second-order valence-corrected chi connectivity index (χ2v) is 3.90. The monoisotopic (exact) mass is 174 g/mol. The predicted octanol–water partition coefficient (Wildman–Crippen LogP) is 0.208. The van der Waals surface area contributed by atoms with Crippen LogP contribution in [0.15, 0.2) is 0 Å². The molecule has 0 saturated carbocycles. The lowest BCUT2D eigenvalue weighted by Gasteiger charge is -2.23. The molecule has 0 aliphatic rings. The first kappa shape index (κ1) is 11.4. The number of esters is 1. The Hall–Kier alpha value is -0.610. The fourth-order valence-electron chi connectivity index (χ4n) is 0.552. The summed E-state index contributed by atoms with van der Waals surface area (Å²) < 4.78 is 5.06. The minimum atomic E-state index is -0.653. The number of rotatable bonds is 2. The number of carbonyl (C=O) groups excluding carboxylic acids is 1. The Morgan fingerprint density at radius 2 is 1.75 bits per heavy atom. The van der Waals surface area contributed by atoms with Gasteiger partial charge >= 0.3 is 5.97 Å². The maximum Gasteiger partial charge on any atom is 0.312 e. The lowest BCUT2D eigenvalue weighted by molar-refractivity contribution is -0.159. The molecule has 4 N–H and O–H groups in total. The highest BCUT2D eigenvalue weighted by molar-refractivity contribution is 5.73. The fraction of sp³-hybridized carbons (Fsp3) is 0.875. The summed E-state index contributed by atoms with van der Waals surface area (Å²) in [4.78, 5) is 11.2. The van der Waals surface area contributed by atoms with Crippen LogP contribution in [0.4, 0.5) is 0 Å². The summed E-state index contributed by atoms with van der Waals surface area (Å²) in [6, 6.07) is 0. The number of ether oxygens (including phenoxy) is 1. The molecule has 4 nitrogen and oxygen atoms in total. The van der Waals surface area contributed by atoms with Crippen molar-refractivity contribution in [1.82, 2.24) is 0 Å². The first-order chi connectivity index (χ1) is 5.24. The van der Waals surface area contributed by atoms with Crippen LogP contribution in [-0.2, 0) is 9.53 Å². The summed E-state index contributed by atoms with van der Waals surface area (Å²) in [6.07, 6.45) is -0.653. The van der Waals surface area contributed by atoms with Gasteiger partial charge in [-0.25, -0.2) is 0 Å². The molecule has 0 radical (unpaired) electrons. The van der Waals surface area contributed by atoms with Crippen molar-refractivity contribution in [3.8, 4) is 0 Å². The van der Waals surface area contributed by atoms with Gasteiger partial charge in [-0.1, -0.05) is 0 Å². The number of nitrogens with two attached hydrogens (primary N) is 2. The number of carbonyl (C=O) groups is 1. The van der Waals surface area contributed by atoms with Crippen molar-refractivity contribution in [2.45, 2.75) is 39.5 Å². The fourth-order valence-corrected chi connectivity index (χ4v) is 0.552. The smallest absolute Gasteiger partial charge is 0.312 e. The van der Waals surface area contributed by atoms with E-state index >= 15 is 0 Å². The minimum absolute atomic E-state index is 0.350. The van der Waals surface area contributed by atoms with Crippen LogP contribution in [0.3, 0.4) is 0 Å². The molecular formula is C8H18N2O2. The lowest BCUT2D eigenvalue weighted by Crippen LogP contribution is -2.43. The first-order valence-corrected chi connectivity index (χ1v) is 3.98. The predicted molar refractivity (Wildman–Crippen MR) is 47.2 cm³/mol. The van der Waals surface area contributed by atoms with Crippen LogP contribution in [0.2, 0.25) is 0 Å². The zero-order valence-electron chi connectivity index (χ0n) is 8.13. The average molecular weight is 174 g/mol. The van der Waals surface area contributed by atoms with E-state index in [1.54, 1.807) is 27.7 Å². The Labute approximate surface area is 73.2 Å². The second-order valence-electron chi connectivity index (χ2n) is 3.90. The van der Waals surface area contributed by atoms with Crippen molar-refractivity contribution in [3.05, 3.63) is 0 Å². The molecule has 0 heterocycles. The summed E-state index contributed by atoms with van der Waals surface area (Å²) >= 11 is 0. The van der Waals surface area contributed by atoms with E-state index < -0.39 is 17.7 Å². The molecule has 0 aromatic heterocycles. The third-order valence-corrected chi connectivity index (χ3v) is 1.36. The van der Waals surface area contributed by atoms with Crippen LogP contribution in [-0.4, -0.2) is 17.7 Å². The average Bonchev–Trinajstić information content (AvgIpc) is 1.82. The Balaban J connectivity index is 4.05. The van der Waals surface area contributed by atoms with Gasteiger partial charge in [-0.05, 0) is 27.7 Å². The van der Waals surface area contributed by atoms with E-state index in [9.17, 15) is 4.79 Å². The number of hydrogen-bond acceptors (Lipinski definition) is 4. The summed E-state index contributed by atoms with van der Waals surface area (Å²) in [5, 5.41) is 0. The second kappa shape index (κ2) is 3.87. The molecule has 0 aliphatic heterocycles. The van der Waals surface area contributed by atoms with Gasteiger partial charge in [0.05, 0.1) is 12.1 Å². The molecule has 12 heavy (non-hydrogen) atoms. The van der Waals surface area contributed by atoms with Gasteiger partial charge in [0.2, 0.25) is 0 Å². The van der Waals surface area contributed by atoms with Crippen LogP contribution in [0.25, 0.3) is 0 Å². The maximum absolute atomic E-state index is 11.2. The van der Waals surface area contributed by atoms with Crippen LogP contribution < -0.4 is 11.5 Å². The van der Waals surface area contributed by atoms with E-state index in [4.69, 9.17) is 16.2 Å². The standard InChI is InChI=1S/C8H18N2O2/c1-5(6(9)10)7(11)12-8(2,3)4/h5-6H,9-10H2,1-4H3. The van der Waals surface area contributed by atoms with Gasteiger partial charge in [0.15, 0.2) is 0 Å². The highest BCUT2D eigenvalue weighted by atomic mass is 16.6. The van der Waals surface area contributed by atoms with Crippen LogP contribution in [0, 0.1) is 5.92 Å². The Morgan fingerprint density at radius 1 is 1.33 bits per heavy atom. The molecular weight excluding hydrogens is 156 g/mol. The summed E-state index contributed by atoms with van der Waals surface area (Å²) in [5.41, 5.74) is 10.2. The molecule has 4 heteroatoms. The van der Waals surface area contributed by atoms with Gasteiger partial charge < -0.3 is 16.2 Å². The van der Waals surface area contributed by atoms with Gasteiger partial charge in [-0.15, -0.1) is 0 Å². The van der Waals surface area contributed by atoms with Gasteiger partial charge in [0, 0.05) is 0 Å². The molecule has 0 bridgehead atoms. The van der Waals surface area contributed by atoms with Crippen molar-refractivity contribution in [2.75, 3.05) is 0 Å². The van der Waals surface area contributed by atoms with Crippen LogP contribution >= 0.6 is 0 Å². The Kier molecular flexibility index (Phi) is 3.67. The van der Waals surface area contributed by atoms with E-state index in [1.165, 1.54) is 0 Å². The largest absolute Gasteiger partial charge is 0.460 e. The van der Waals surface area contributed by atoms with Crippen molar-refractivity contribution in [1.29, 1.82) is 0 Å². The zero-order valence-corrected chi connectivity index (χ0v) is 8.13. The van der Waals surface area contributed by atoms with E-state index in [0.717, 1.165) is 0 Å². The summed E-state index contributed by atoms with van der Waals surface area (Å²) in [6.45, 7) is 7.07. The maximum atomic E-state index is 11.2. The van der Waals surface area contributed by atoms with Gasteiger partial charge in [-0.2, -0.15) is 0 Å². The molecule has 0 rings (SSSR count). The third kappa shape index (κ3) is 4.31. The lowest BCUT2D eigenvalue weighted by atomic mass is 10.1. The SMILES string of the molecule is CC(C(=O)OC(C)(C)C)C(N)N. The Morgan fingerprint density at radius 3 is 2.00 bits per heavy atom. The molecule has 72 valence electrons. The van der Waals surface area contributed by atoms with E-state index in [0.29, 0.717) is 0 Å². The van der Waals surface area contributed by atoms with Crippen molar-refractivity contribution in [2.24, 2.45) is 17.4 Å². The highest BCUT2D eigenvalue weighted by Gasteiger charge is 2.24. The van der Waals surface area contributed by atoms with Crippen molar-refractivity contribution >= 4 is 5.97 Å². The summed E-state index contributed by atoms with van der Waals surface area (Å²) in [5.74, 6) is -0.804. The van der Waals surface area contributed by atoms with Crippen LogP contribution in [0.5, 0.6) is 0 Å². The quantitative estimate of drug-likeness (QED) is 0.463. The molecule has 1 atom stereocenters.